The fraction of sp³-hybridized carbons (Fsp3) is 0.375. The number of aromatic nitrogens is 2. The van der Waals surface area contributed by atoms with E-state index < -0.39 is 0 Å². The Hall–Kier alpha value is -2.34. The lowest BCUT2D eigenvalue weighted by atomic mass is 10.3. The molecule has 0 saturated carbocycles. The number of nitrogens with one attached hydrogen (secondary N) is 2. The zero-order valence-electron chi connectivity index (χ0n) is 12.7. The number of para-hydroxylation sites is 1. The number of benzene rings is 1. The van der Waals surface area contributed by atoms with Gasteiger partial charge in [-0.2, -0.15) is 5.10 Å². The van der Waals surface area contributed by atoms with Crippen molar-refractivity contribution < 1.29 is 9.53 Å². The maximum absolute atomic E-state index is 11.7. The molecule has 0 aliphatic carbocycles. The molecule has 6 heteroatoms. The SMILES string of the molecule is C[C@@H](Cn1cccn1)NCC(=O)NCCOc1ccccc1. The van der Waals surface area contributed by atoms with Gasteiger partial charge in [-0.15, -0.1) is 0 Å². The van der Waals surface area contributed by atoms with Crippen molar-refractivity contribution in [1.29, 1.82) is 0 Å². The van der Waals surface area contributed by atoms with Gasteiger partial charge in [-0.3, -0.25) is 9.48 Å². The van der Waals surface area contributed by atoms with Crippen molar-refractivity contribution in [3.05, 3.63) is 48.8 Å². The summed E-state index contributed by atoms with van der Waals surface area (Å²) in [6.45, 7) is 3.99. The highest BCUT2D eigenvalue weighted by molar-refractivity contribution is 5.77. The zero-order chi connectivity index (χ0) is 15.6. The molecule has 6 nitrogen and oxygen atoms in total. The summed E-state index contributed by atoms with van der Waals surface area (Å²) in [4.78, 5) is 11.7. The molecule has 0 aliphatic heterocycles. The second-order valence-corrected chi connectivity index (χ2v) is 5.02. The lowest BCUT2D eigenvalue weighted by molar-refractivity contribution is -0.120. The molecule has 0 fully saturated rings. The summed E-state index contributed by atoms with van der Waals surface area (Å²) in [5.41, 5.74) is 0. The van der Waals surface area contributed by atoms with Crippen LogP contribution in [0.1, 0.15) is 6.92 Å². The molecule has 1 atom stereocenters. The summed E-state index contributed by atoms with van der Waals surface area (Å²) in [6, 6.07) is 11.6. The van der Waals surface area contributed by atoms with Crippen LogP contribution in [0.3, 0.4) is 0 Å². The van der Waals surface area contributed by atoms with Gasteiger partial charge in [-0.05, 0) is 25.1 Å². The minimum Gasteiger partial charge on any atom is -0.492 e. The molecule has 22 heavy (non-hydrogen) atoms. The number of rotatable bonds is 9. The highest BCUT2D eigenvalue weighted by atomic mass is 16.5. The second kappa shape index (κ2) is 8.84. The van der Waals surface area contributed by atoms with Crippen molar-refractivity contribution in [2.75, 3.05) is 19.7 Å². The van der Waals surface area contributed by atoms with Crippen molar-refractivity contribution in [1.82, 2.24) is 20.4 Å². The van der Waals surface area contributed by atoms with E-state index in [2.05, 4.69) is 15.7 Å². The first-order valence-corrected chi connectivity index (χ1v) is 7.39. The van der Waals surface area contributed by atoms with Gasteiger partial charge in [0.05, 0.1) is 19.6 Å². The molecule has 1 amide bonds. The third-order valence-electron chi connectivity index (χ3n) is 3.07. The second-order valence-electron chi connectivity index (χ2n) is 5.02. The van der Waals surface area contributed by atoms with E-state index in [1.807, 2.05) is 54.2 Å². The van der Waals surface area contributed by atoms with E-state index in [1.165, 1.54) is 0 Å². The Morgan fingerprint density at radius 1 is 1.32 bits per heavy atom. The van der Waals surface area contributed by atoms with E-state index in [1.54, 1.807) is 6.20 Å². The Labute approximate surface area is 130 Å². The first-order chi connectivity index (χ1) is 10.7. The van der Waals surface area contributed by atoms with Crippen LogP contribution in [0.2, 0.25) is 0 Å². The van der Waals surface area contributed by atoms with Crippen molar-refractivity contribution >= 4 is 5.91 Å². The third-order valence-corrected chi connectivity index (χ3v) is 3.07. The molecule has 1 aromatic heterocycles. The van der Waals surface area contributed by atoms with Gasteiger partial charge in [0.1, 0.15) is 12.4 Å². The van der Waals surface area contributed by atoms with Crippen molar-refractivity contribution in [3.63, 3.8) is 0 Å². The number of ether oxygens (including phenoxy) is 1. The number of nitrogens with zero attached hydrogens (tertiary/aromatic N) is 2. The van der Waals surface area contributed by atoms with E-state index in [9.17, 15) is 4.79 Å². The summed E-state index contributed by atoms with van der Waals surface area (Å²) in [5.74, 6) is 0.770. The molecule has 0 aliphatic rings. The van der Waals surface area contributed by atoms with Crippen LogP contribution in [0.25, 0.3) is 0 Å². The summed E-state index contributed by atoms with van der Waals surface area (Å²) >= 11 is 0. The standard InChI is InChI=1S/C16H22N4O2/c1-14(13-20-10-5-8-19-20)18-12-16(21)17-9-11-22-15-6-3-2-4-7-15/h2-8,10,14,18H,9,11-13H2,1H3,(H,17,21)/t14-/m0/s1. The van der Waals surface area contributed by atoms with E-state index >= 15 is 0 Å². The molecule has 1 heterocycles. The molecule has 118 valence electrons. The fourth-order valence-corrected chi connectivity index (χ4v) is 1.96. The molecule has 0 saturated heterocycles. The van der Waals surface area contributed by atoms with E-state index in [0.717, 1.165) is 12.3 Å². The highest BCUT2D eigenvalue weighted by Crippen LogP contribution is 2.07. The number of hydrogen-bond donors (Lipinski definition) is 2. The van der Waals surface area contributed by atoms with Crippen molar-refractivity contribution in [3.8, 4) is 5.75 Å². The largest absolute Gasteiger partial charge is 0.492 e. The highest BCUT2D eigenvalue weighted by Gasteiger charge is 2.06. The third kappa shape index (κ3) is 5.97. The van der Waals surface area contributed by atoms with Gasteiger partial charge in [0, 0.05) is 18.4 Å². The molecule has 0 radical (unpaired) electrons. The fourth-order valence-electron chi connectivity index (χ4n) is 1.96. The van der Waals surface area contributed by atoms with Crippen LogP contribution in [0.4, 0.5) is 0 Å². The van der Waals surface area contributed by atoms with Crippen LogP contribution in [0.5, 0.6) is 5.75 Å². The first-order valence-electron chi connectivity index (χ1n) is 7.39. The Kier molecular flexibility index (Phi) is 6.44. The minimum atomic E-state index is -0.0380. The lowest BCUT2D eigenvalue weighted by Crippen LogP contribution is -2.40. The Morgan fingerprint density at radius 3 is 2.86 bits per heavy atom. The quantitative estimate of drug-likeness (QED) is 0.680. The van der Waals surface area contributed by atoms with Crippen LogP contribution in [-0.4, -0.2) is 41.4 Å². The molecular formula is C16H22N4O2. The maximum Gasteiger partial charge on any atom is 0.234 e. The Balaban J connectivity index is 1.54. The Bertz CT molecular complexity index is 543. The average molecular weight is 302 g/mol. The number of carbonyl (C=O) groups excluding carboxylic acids is 1. The van der Waals surface area contributed by atoms with Crippen LogP contribution in [-0.2, 0) is 11.3 Å². The summed E-state index contributed by atoms with van der Waals surface area (Å²) in [6.07, 6.45) is 3.64. The molecular weight excluding hydrogens is 280 g/mol. The van der Waals surface area contributed by atoms with Gasteiger partial charge in [0.15, 0.2) is 0 Å². The van der Waals surface area contributed by atoms with Crippen LogP contribution in [0, 0.1) is 0 Å². The van der Waals surface area contributed by atoms with E-state index in [-0.39, 0.29) is 18.5 Å². The molecule has 0 spiro atoms. The molecule has 0 unspecified atom stereocenters. The molecule has 1 aromatic carbocycles. The molecule has 2 rings (SSSR count). The van der Waals surface area contributed by atoms with Crippen LogP contribution in [0.15, 0.2) is 48.8 Å². The van der Waals surface area contributed by atoms with E-state index in [0.29, 0.717) is 13.2 Å². The summed E-state index contributed by atoms with van der Waals surface area (Å²) in [5, 5.41) is 10.1. The number of carbonyl (C=O) groups is 1. The van der Waals surface area contributed by atoms with Crippen LogP contribution >= 0.6 is 0 Å². The van der Waals surface area contributed by atoms with Gasteiger partial charge in [-0.1, -0.05) is 18.2 Å². The Morgan fingerprint density at radius 2 is 2.14 bits per heavy atom. The van der Waals surface area contributed by atoms with Crippen molar-refractivity contribution in [2.24, 2.45) is 0 Å². The molecule has 2 N–H and O–H groups in total. The predicted molar refractivity (Wildman–Crippen MR) is 84.6 cm³/mol. The smallest absolute Gasteiger partial charge is 0.234 e. The van der Waals surface area contributed by atoms with Gasteiger partial charge in [0.25, 0.3) is 0 Å². The maximum atomic E-state index is 11.7. The average Bonchev–Trinajstić information content (AvgIpc) is 3.03. The van der Waals surface area contributed by atoms with Gasteiger partial charge in [0.2, 0.25) is 5.91 Å². The normalized spacial score (nSPS) is 11.9. The van der Waals surface area contributed by atoms with Gasteiger partial charge < -0.3 is 15.4 Å². The lowest BCUT2D eigenvalue weighted by Gasteiger charge is -2.14. The van der Waals surface area contributed by atoms with Crippen LogP contribution < -0.4 is 15.4 Å². The van der Waals surface area contributed by atoms with E-state index in [4.69, 9.17) is 4.74 Å². The summed E-state index contributed by atoms with van der Waals surface area (Å²) in [7, 11) is 0. The zero-order valence-corrected chi connectivity index (χ0v) is 12.7. The summed E-state index contributed by atoms with van der Waals surface area (Å²) < 4.78 is 7.34. The van der Waals surface area contributed by atoms with Gasteiger partial charge >= 0.3 is 0 Å². The van der Waals surface area contributed by atoms with Crippen molar-refractivity contribution in [2.45, 2.75) is 19.5 Å². The van der Waals surface area contributed by atoms with Gasteiger partial charge in [-0.25, -0.2) is 0 Å². The predicted octanol–water partition coefficient (Wildman–Crippen LogP) is 1.06. The molecule has 0 bridgehead atoms. The number of amides is 1. The molecule has 2 aromatic rings. The topological polar surface area (TPSA) is 68.2 Å². The minimum absolute atomic E-state index is 0.0380. The first kappa shape index (κ1) is 16.0. The number of hydrogen-bond acceptors (Lipinski definition) is 4. The monoisotopic (exact) mass is 302 g/mol.